The summed E-state index contributed by atoms with van der Waals surface area (Å²) < 4.78 is 0. The van der Waals surface area contributed by atoms with Crippen molar-refractivity contribution in [3.63, 3.8) is 0 Å². The molecule has 13 heavy (non-hydrogen) atoms. The lowest BCUT2D eigenvalue weighted by atomic mass is 9.69. The highest BCUT2D eigenvalue weighted by Gasteiger charge is 2.35. The first-order chi connectivity index (χ1) is 5.97. The average molecular weight is 183 g/mol. The second kappa shape index (κ2) is 4.00. The Labute approximate surface area is 83.3 Å². The lowest BCUT2D eigenvalue weighted by Crippen LogP contribution is -2.48. The van der Waals surface area contributed by atoms with Crippen LogP contribution >= 0.6 is 0 Å². The molecule has 0 heterocycles. The van der Waals surface area contributed by atoms with Gasteiger partial charge >= 0.3 is 0 Å². The monoisotopic (exact) mass is 183 g/mol. The molecule has 1 heteroatoms. The summed E-state index contributed by atoms with van der Waals surface area (Å²) in [6.45, 7) is 10.6. The third-order valence-corrected chi connectivity index (χ3v) is 3.25. The van der Waals surface area contributed by atoms with Crippen molar-refractivity contribution in [1.82, 2.24) is 5.32 Å². The lowest BCUT2D eigenvalue weighted by Gasteiger charge is -2.43. The molecule has 1 fully saturated rings. The highest BCUT2D eigenvalue weighted by Crippen LogP contribution is 2.40. The number of hydrogen-bond acceptors (Lipinski definition) is 1. The smallest absolute Gasteiger partial charge is 0.0158 e. The number of nitrogens with one attached hydrogen (secondary N) is 1. The zero-order chi connectivity index (χ0) is 9.95. The van der Waals surface area contributed by atoms with Gasteiger partial charge in [0.25, 0.3) is 0 Å². The molecule has 1 aliphatic carbocycles. The van der Waals surface area contributed by atoms with Crippen molar-refractivity contribution in [2.75, 3.05) is 6.54 Å². The summed E-state index contributed by atoms with van der Waals surface area (Å²) in [5.41, 5.74) is 0.964. The summed E-state index contributed by atoms with van der Waals surface area (Å²) >= 11 is 0. The fraction of sp³-hybridized carbons (Fsp3) is 1.00. The second-order valence-corrected chi connectivity index (χ2v) is 5.68. The van der Waals surface area contributed by atoms with E-state index in [4.69, 9.17) is 0 Å². The lowest BCUT2D eigenvalue weighted by molar-refractivity contribution is 0.133. The van der Waals surface area contributed by atoms with Crippen molar-refractivity contribution in [3.8, 4) is 0 Å². The minimum Gasteiger partial charge on any atom is -0.312 e. The van der Waals surface area contributed by atoms with Crippen molar-refractivity contribution >= 4 is 0 Å². The Hall–Kier alpha value is -0.0400. The van der Waals surface area contributed by atoms with Crippen molar-refractivity contribution in [2.45, 2.75) is 65.3 Å². The Kier molecular flexibility index (Phi) is 3.39. The third-order valence-electron chi connectivity index (χ3n) is 3.25. The van der Waals surface area contributed by atoms with Gasteiger partial charge < -0.3 is 5.32 Å². The first kappa shape index (κ1) is 11.0. The van der Waals surface area contributed by atoms with Crippen molar-refractivity contribution in [1.29, 1.82) is 0 Å². The second-order valence-electron chi connectivity index (χ2n) is 5.68. The van der Waals surface area contributed by atoms with Gasteiger partial charge in [0.15, 0.2) is 0 Å². The van der Waals surface area contributed by atoms with E-state index in [1.165, 1.54) is 38.6 Å². The Morgan fingerprint density at radius 2 is 1.85 bits per heavy atom. The normalized spacial score (nSPS) is 33.2. The van der Waals surface area contributed by atoms with Crippen LogP contribution < -0.4 is 5.32 Å². The van der Waals surface area contributed by atoms with Crippen LogP contribution in [0.5, 0.6) is 0 Å². The number of hydrogen-bond donors (Lipinski definition) is 1. The molecule has 0 bridgehead atoms. The fourth-order valence-electron chi connectivity index (χ4n) is 2.77. The van der Waals surface area contributed by atoms with E-state index in [0.29, 0.717) is 11.0 Å². The Morgan fingerprint density at radius 1 is 1.15 bits per heavy atom. The maximum Gasteiger partial charge on any atom is 0.0158 e. The van der Waals surface area contributed by atoms with Crippen molar-refractivity contribution in [3.05, 3.63) is 0 Å². The molecule has 0 aromatic heterocycles. The molecule has 1 rings (SSSR count). The van der Waals surface area contributed by atoms with Gasteiger partial charge in [-0.15, -0.1) is 0 Å². The van der Waals surface area contributed by atoms with E-state index in [-0.39, 0.29) is 0 Å². The van der Waals surface area contributed by atoms with E-state index in [0.717, 1.165) is 0 Å². The van der Waals surface area contributed by atoms with Crippen LogP contribution in [0.3, 0.4) is 0 Å². The van der Waals surface area contributed by atoms with E-state index in [9.17, 15) is 0 Å². The molecule has 0 aromatic carbocycles. The average Bonchev–Trinajstić information content (AvgIpc) is 1.98. The zero-order valence-electron chi connectivity index (χ0n) is 9.74. The molecule has 1 saturated carbocycles. The molecule has 78 valence electrons. The summed E-state index contributed by atoms with van der Waals surface area (Å²) in [5.74, 6) is 0. The molecule has 1 aliphatic rings. The highest BCUT2D eigenvalue weighted by atomic mass is 15.0. The quantitative estimate of drug-likeness (QED) is 0.707. The minimum absolute atomic E-state index is 0.414. The summed E-state index contributed by atoms with van der Waals surface area (Å²) in [6.07, 6.45) is 6.73. The molecule has 0 aliphatic heterocycles. The van der Waals surface area contributed by atoms with E-state index in [1.54, 1.807) is 0 Å². The predicted octanol–water partition coefficient (Wildman–Crippen LogP) is 3.34. The summed E-state index contributed by atoms with van der Waals surface area (Å²) in [4.78, 5) is 0. The SMILES string of the molecule is CCCN[C@]1(C)CCCC(C)(C)C1. The zero-order valence-corrected chi connectivity index (χ0v) is 9.74. The van der Waals surface area contributed by atoms with Crippen molar-refractivity contribution in [2.24, 2.45) is 5.41 Å². The molecule has 0 radical (unpaired) electrons. The van der Waals surface area contributed by atoms with Gasteiger partial charge in [-0.25, -0.2) is 0 Å². The van der Waals surface area contributed by atoms with Crippen LogP contribution in [-0.2, 0) is 0 Å². The van der Waals surface area contributed by atoms with Gasteiger partial charge in [0, 0.05) is 5.54 Å². The molecule has 0 spiro atoms. The Balaban J connectivity index is 2.47. The van der Waals surface area contributed by atoms with Gasteiger partial charge in [-0.05, 0) is 44.6 Å². The third kappa shape index (κ3) is 3.30. The van der Waals surface area contributed by atoms with Crippen LogP contribution in [0.25, 0.3) is 0 Å². The molecule has 1 N–H and O–H groups in total. The molecule has 1 atom stereocenters. The molecule has 0 aromatic rings. The van der Waals surface area contributed by atoms with E-state index < -0.39 is 0 Å². The maximum atomic E-state index is 3.70. The molecular weight excluding hydrogens is 158 g/mol. The van der Waals surface area contributed by atoms with Gasteiger partial charge in [0.05, 0.1) is 0 Å². The van der Waals surface area contributed by atoms with Crippen LogP contribution in [0.1, 0.15) is 59.8 Å². The van der Waals surface area contributed by atoms with Gasteiger partial charge in [0.1, 0.15) is 0 Å². The molecule has 0 saturated heterocycles. The van der Waals surface area contributed by atoms with E-state index in [1.807, 2.05) is 0 Å². The maximum absolute atomic E-state index is 3.70. The summed E-state index contributed by atoms with van der Waals surface area (Å²) in [7, 11) is 0. The minimum atomic E-state index is 0.414. The predicted molar refractivity (Wildman–Crippen MR) is 58.9 cm³/mol. The van der Waals surface area contributed by atoms with E-state index in [2.05, 4.69) is 33.0 Å². The first-order valence-electron chi connectivity index (χ1n) is 5.72. The summed E-state index contributed by atoms with van der Waals surface area (Å²) in [6, 6.07) is 0. The van der Waals surface area contributed by atoms with Crippen LogP contribution in [-0.4, -0.2) is 12.1 Å². The van der Waals surface area contributed by atoms with Crippen LogP contribution in [0.4, 0.5) is 0 Å². The topological polar surface area (TPSA) is 12.0 Å². The van der Waals surface area contributed by atoms with Crippen LogP contribution in [0, 0.1) is 5.41 Å². The van der Waals surface area contributed by atoms with Gasteiger partial charge in [-0.2, -0.15) is 0 Å². The molecular formula is C12H25N. The van der Waals surface area contributed by atoms with Crippen LogP contribution in [0.15, 0.2) is 0 Å². The molecule has 0 unspecified atom stereocenters. The highest BCUT2D eigenvalue weighted by molar-refractivity contribution is 4.93. The Morgan fingerprint density at radius 3 is 2.38 bits per heavy atom. The van der Waals surface area contributed by atoms with Gasteiger partial charge in [-0.3, -0.25) is 0 Å². The van der Waals surface area contributed by atoms with E-state index >= 15 is 0 Å². The van der Waals surface area contributed by atoms with Gasteiger partial charge in [0.2, 0.25) is 0 Å². The molecule has 1 nitrogen and oxygen atoms in total. The largest absolute Gasteiger partial charge is 0.312 e. The first-order valence-corrected chi connectivity index (χ1v) is 5.72. The standard InChI is InChI=1S/C12H25N/c1-5-9-13-12(4)8-6-7-11(2,3)10-12/h13H,5-10H2,1-4H3/t12-/m1/s1. The Bertz CT molecular complexity index is 163. The van der Waals surface area contributed by atoms with Crippen LogP contribution in [0.2, 0.25) is 0 Å². The fourth-order valence-corrected chi connectivity index (χ4v) is 2.77. The number of rotatable bonds is 3. The molecule has 0 amide bonds. The van der Waals surface area contributed by atoms with Crippen molar-refractivity contribution < 1.29 is 0 Å². The summed E-state index contributed by atoms with van der Waals surface area (Å²) in [5, 5.41) is 3.70. The van der Waals surface area contributed by atoms with Gasteiger partial charge in [-0.1, -0.05) is 27.2 Å².